The molecule has 1 unspecified atom stereocenters. The van der Waals surface area contributed by atoms with Crippen molar-refractivity contribution in [3.05, 3.63) is 69.7 Å². The van der Waals surface area contributed by atoms with Crippen LogP contribution in [0.1, 0.15) is 16.6 Å². The molecule has 0 bridgehead atoms. The highest BCUT2D eigenvalue weighted by atomic mass is 35.5. The molecular weight excluding hydrogens is 329 g/mol. The molecule has 0 radical (unpaired) electrons. The Kier molecular flexibility index (Phi) is 4.19. The Morgan fingerprint density at radius 1 is 0.952 bits per heavy atom. The Bertz CT molecular complexity index is 699. The van der Waals surface area contributed by atoms with Gasteiger partial charge in [-0.2, -0.15) is 4.99 Å². The number of hydrogen-bond donors (Lipinski definition) is 0. The van der Waals surface area contributed by atoms with Crippen LogP contribution in [0.5, 0.6) is 0 Å². The molecule has 0 saturated heterocycles. The summed E-state index contributed by atoms with van der Waals surface area (Å²) in [7, 11) is 0. The van der Waals surface area contributed by atoms with E-state index < -0.39 is 11.5 Å². The number of hydrogen-bond acceptors (Lipinski definition) is 3. The Hall–Kier alpha value is -1.49. The van der Waals surface area contributed by atoms with Crippen LogP contribution in [0.4, 0.5) is 4.79 Å². The standard InChI is InChI=1S/C15H9Cl2NO2S/c16-11-5-1-9(2-6-11)13-18-15(19)20-14(21-13)10-3-7-12(17)8-4-10/h1-8,14H. The number of halogens is 2. The fourth-order valence-corrected chi connectivity index (χ4v) is 3.11. The highest BCUT2D eigenvalue weighted by Gasteiger charge is 2.26. The van der Waals surface area contributed by atoms with Gasteiger partial charge in [0.15, 0.2) is 5.44 Å². The third kappa shape index (κ3) is 3.40. The van der Waals surface area contributed by atoms with Gasteiger partial charge in [-0.3, -0.25) is 0 Å². The number of benzene rings is 2. The van der Waals surface area contributed by atoms with Crippen LogP contribution >= 0.6 is 35.0 Å². The number of carbonyl (C=O) groups excluding carboxylic acids is 1. The number of nitrogens with zero attached hydrogens (tertiary/aromatic N) is 1. The molecule has 0 aliphatic carbocycles. The second-order valence-electron chi connectivity index (χ2n) is 4.31. The average Bonchev–Trinajstić information content (AvgIpc) is 2.48. The first-order valence-electron chi connectivity index (χ1n) is 6.09. The molecule has 0 fully saturated rings. The van der Waals surface area contributed by atoms with E-state index in [9.17, 15) is 4.79 Å². The summed E-state index contributed by atoms with van der Waals surface area (Å²) in [5.74, 6) is 0. The normalized spacial score (nSPS) is 18.1. The van der Waals surface area contributed by atoms with Gasteiger partial charge in [0.2, 0.25) is 0 Å². The molecule has 3 rings (SSSR count). The maximum Gasteiger partial charge on any atom is 0.436 e. The van der Waals surface area contributed by atoms with Crippen molar-refractivity contribution in [2.45, 2.75) is 5.44 Å². The number of cyclic esters (lactones) is 1. The van der Waals surface area contributed by atoms with Crippen LogP contribution in [0.25, 0.3) is 0 Å². The Labute approximate surface area is 135 Å². The summed E-state index contributed by atoms with van der Waals surface area (Å²) in [6.45, 7) is 0. The van der Waals surface area contributed by atoms with E-state index in [0.29, 0.717) is 15.1 Å². The van der Waals surface area contributed by atoms with Gasteiger partial charge < -0.3 is 4.74 Å². The summed E-state index contributed by atoms with van der Waals surface area (Å²) in [6, 6.07) is 14.4. The maximum absolute atomic E-state index is 11.7. The minimum atomic E-state index is -0.598. The molecule has 1 aliphatic rings. The first kappa shape index (κ1) is 14.4. The lowest BCUT2D eigenvalue weighted by Crippen LogP contribution is -2.15. The molecule has 1 heterocycles. The predicted octanol–water partition coefficient (Wildman–Crippen LogP) is 5.32. The van der Waals surface area contributed by atoms with E-state index in [1.807, 2.05) is 24.3 Å². The summed E-state index contributed by atoms with van der Waals surface area (Å²) in [5, 5.41) is 1.89. The Morgan fingerprint density at radius 2 is 1.52 bits per heavy atom. The number of carbonyl (C=O) groups is 1. The van der Waals surface area contributed by atoms with Crippen LogP contribution in [0.3, 0.4) is 0 Å². The van der Waals surface area contributed by atoms with Gasteiger partial charge in [0.25, 0.3) is 0 Å². The first-order valence-corrected chi connectivity index (χ1v) is 7.73. The quantitative estimate of drug-likeness (QED) is 0.744. The smallest absolute Gasteiger partial charge is 0.428 e. The summed E-state index contributed by atoms with van der Waals surface area (Å²) >= 11 is 13.1. The van der Waals surface area contributed by atoms with Gasteiger partial charge in [-0.05, 0) is 24.3 Å². The van der Waals surface area contributed by atoms with Gasteiger partial charge in [0, 0.05) is 21.2 Å². The van der Waals surface area contributed by atoms with E-state index in [2.05, 4.69) is 4.99 Å². The number of rotatable bonds is 2. The topological polar surface area (TPSA) is 38.7 Å². The molecule has 0 N–H and O–H groups in total. The summed E-state index contributed by atoms with van der Waals surface area (Å²) < 4.78 is 5.26. The zero-order valence-electron chi connectivity index (χ0n) is 10.6. The molecule has 21 heavy (non-hydrogen) atoms. The number of amides is 1. The lowest BCUT2D eigenvalue weighted by Gasteiger charge is -2.21. The van der Waals surface area contributed by atoms with Gasteiger partial charge in [0.05, 0.1) is 0 Å². The van der Waals surface area contributed by atoms with Gasteiger partial charge in [-0.15, -0.1) is 0 Å². The highest BCUT2D eigenvalue weighted by molar-refractivity contribution is 8.14. The second kappa shape index (κ2) is 6.10. The average molecular weight is 338 g/mol. The minimum absolute atomic E-state index is 0.432. The molecule has 2 aromatic rings. The van der Waals surface area contributed by atoms with E-state index in [0.717, 1.165) is 11.1 Å². The van der Waals surface area contributed by atoms with Gasteiger partial charge >= 0.3 is 6.09 Å². The van der Waals surface area contributed by atoms with E-state index in [4.69, 9.17) is 27.9 Å². The zero-order valence-corrected chi connectivity index (χ0v) is 13.0. The molecule has 0 saturated carbocycles. The lowest BCUT2D eigenvalue weighted by atomic mass is 10.2. The molecule has 0 aromatic heterocycles. The fourth-order valence-electron chi connectivity index (χ4n) is 1.83. The van der Waals surface area contributed by atoms with E-state index >= 15 is 0 Å². The van der Waals surface area contributed by atoms with Crippen molar-refractivity contribution in [2.75, 3.05) is 0 Å². The lowest BCUT2D eigenvalue weighted by molar-refractivity contribution is 0.146. The van der Waals surface area contributed by atoms with Crippen LogP contribution in [0.15, 0.2) is 53.5 Å². The summed E-state index contributed by atoms with van der Waals surface area (Å²) in [5.41, 5.74) is 1.26. The number of aliphatic imine (C=N–C) groups is 1. The van der Waals surface area contributed by atoms with E-state index in [1.54, 1.807) is 24.3 Å². The third-order valence-electron chi connectivity index (χ3n) is 2.85. The SMILES string of the molecule is O=C1N=C(c2ccc(Cl)cc2)SC(c2ccc(Cl)cc2)O1. The molecule has 2 aromatic carbocycles. The van der Waals surface area contributed by atoms with Crippen LogP contribution in [-0.4, -0.2) is 11.1 Å². The molecule has 1 amide bonds. The molecule has 0 spiro atoms. The van der Waals surface area contributed by atoms with E-state index in [-0.39, 0.29) is 0 Å². The van der Waals surface area contributed by atoms with Crippen molar-refractivity contribution in [1.29, 1.82) is 0 Å². The van der Waals surface area contributed by atoms with Crippen LogP contribution in [-0.2, 0) is 4.74 Å². The van der Waals surface area contributed by atoms with Crippen LogP contribution in [0, 0.1) is 0 Å². The minimum Gasteiger partial charge on any atom is -0.428 e. The molecule has 6 heteroatoms. The Balaban J connectivity index is 1.88. The predicted molar refractivity (Wildman–Crippen MR) is 86.3 cm³/mol. The van der Waals surface area contributed by atoms with Crippen molar-refractivity contribution in [3.63, 3.8) is 0 Å². The van der Waals surface area contributed by atoms with Crippen LogP contribution < -0.4 is 0 Å². The monoisotopic (exact) mass is 337 g/mol. The number of thioether (sulfide) groups is 1. The number of ether oxygens (including phenoxy) is 1. The van der Waals surface area contributed by atoms with Crippen molar-refractivity contribution < 1.29 is 9.53 Å². The highest BCUT2D eigenvalue weighted by Crippen LogP contribution is 2.37. The van der Waals surface area contributed by atoms with Gasteiger partial charge in [0.1, 0.15) is 5.04 Å². The maximum atomic E-state index is 11.7. The van der Waals surface area contributed by atoms with Crippen molar-refractivity contribution in [1.82, 2.24) is 0 Å². The largest absolute Gasteiger partial charge is 0.436 e. The van der Waals surface area contributed by atoms with Crippen molar-refractivity contribution >= 4 is 46.1 Å². The van der Waals surface area contributed by atoms with E-state index in [1.165, 1.54) is 11.8 Å². The van der Waals surface area contributed by atoms with Gasteiger partial charge in [-0.25, -0.2) is 4.79 Å². The summed E-state index contributed by atoms with van der Waals surface area (Å²) in [4.78, 5) is 15.6. The molecular formula is C15H9Cl2NO2S. The Morgan fingerprint density at radius 3 is 2.14 bits per heavy atom. The molecule has 106 valence electrons. The van der Waals surface area contributed by atoms with Crippen molar-refractivity contribution in [2.24, 2.45) is 4.99 Å². The second-order valence-corrected chi connectivity index (χ2v) is 6.23. The zero-order chi connectivity index (χ0) is 14.8. The van der Waals surface area contributed by atoms with Crippen LogP contribution in [0.2, 0.25) is 10.0 Å². The molecule has 3 nitrogen and oxygen atoms in total. The molecule has 1 atom stereocenters. The molecule has 1 aliphatic heterocycles. The third-order valence-corrected chi connectivity index (χ3v) is 4.49. The fraction of sp³-hybridized carbons (Fsp3) is 0.0667. The van der Waals surface area contributed by atoms with Crippen molar-refractivity contribution in [3.8, 4) is 0 Å². The first-order chi connectivity index (χ1) is 10.1. The summed E-state index contributed by atoms with van der Waals surface area (Å²) in [6.07, 6.45) is -0.598. The van der Waals surface area contributed by atoms with Gasteiger partial charge in [-0.1, -0.05) is 59.2 Å².